The molecule has 0 aromatic heterocycles. The van der Waals surface area contributed by atoms with E-state index in [1.54, 1.807) is 7.11 Å². The van der Waals surface area contributed by atoms with E-state index >= 15 is 0 Å². The van der Waals surface area contributed by atoms with Crippen molar-refractivity contribution < 1.29 is 14.3 Å². The van der Waals surface area contributed by atoms with Crippen molar-refractivity contribution in [1.82, 2.24) is 10.6 Å². The number of ether oxygens (including phenoxy) is 2. The first kappa shape index (κ1) is 17.1. The zero-order chi connectivity index (χ0) is 17.0. The Balaban J connectivity index is 1.55. The predicted molar refractivity (Wildman–Crippen MR) is 93.2 cm³/mol. The van der Waals surface area contributed by atoms with Gasteiger partial charge in [0.25, 0.3) is 0 Å². The number of carbonyl (C=O) groups excluding carboxylic acids is 1. The molecule has 2 aliphatic rings. The zero-order valence-electron chi connectivity index (χ0n) is 14.6. The lowest BCUT2D eigenvalue weighted by atomic mass is 9.89. The maximum absolute atomic E-state index is 12.4. The fourth-order valence-corrected chi connectivity index (χ4v) is 4.04. The first-order valence-electron chi connectivity index (χ1n) is 8.96. The number of benzene rings is 1. The number of methoxy groups -OCH3 is 1. The summed E-state index contributed by atoms with van der Waals surface area (Å²) < 4.78 is 11.4. The van der Waals surface area contributed by atoms with Gasteiger partial charge in [-0.3, -0.25) is 0 Å². The van der Waals surface area contributed by atoms with Crippen molar-refractivity contribution in [2.24, 2.45) is 0 Å². The van der Waals surface area contributed by atoms with Crippen molar-refractivity contribution in [2.75, 3.05) is 13.7 Å². The Morgan fingerprint density at radius 1 is 1.33 bits per heavy atom. The molecule has 2 atom stereocenters. The molecule has 5 heteroatoms. The molecule has 132 valence electrons. The number of hydrogen-bond donors (Lipinski definition) is 2. The minimum Gasteiger partial charge on any atom is -0.496 e. The highest BCUT2D eigenvalue weighted by molar-refractivity contribution is 5.75. The van der Waals surface area contributed by atoms with Crippen molar-refractivity contribution in [1.29, 1.82) is 0 Å². The van der Waals surface area contributed by atoms with Crippen LogP contribution in [-0.2, 0) is 4.74 Å². The van der Waals surface area contributed by atoms with Crippen LogP contribution in [0.1, 0.15) is 57.1 Å². The number of hydrogen-bond acceptors (Lipinski definition) is 3. The fourth-order valence-electron chi connectivity index (χ4n) is 4.04. The molecule has 1 saturated carbocycles. The molecule has 1 aromatic rings. The lowest BCUT2D eigenvalue weighted by Crippen LogP contribution is -2.50. The second kappa shape index (κ2) is 7.43. The van der Waals surface area contributed by atoms with Crippen molar-refractivity contribution in [3.63, 3.8) is 0 Å². The summed E-state index contributed by atoms with van der Waals surface area (Å²) in [7, 11) is 1.65. The first-order valence-corrected chi connectivity index (χ1v) is 8.96. The van der Waals surface area contributed by atoms with Crippen LogP contribution in [-0.4, -0.2) is 31.4 Å². The maximum Gasteiger partial charge on any atom is 0.315 e. The van der Waals surface area contributed by atoms with Gasteiger partial charge in [-0.1, -0.05) is 31.0 Å². The largest absolute Gasteiger partial charge is 0.496 e. The van der Waals surface area contributed by atoms with Gasteiger partial charge in [-0.25, -0.2) is 4.79 Å². The number of rotatable bonds is 4. The van der Waals surface area contributed by atoms with E-state index in [0.717, 1.165) is 43.6 Å². The summed E-state index contributed by atoms with van der Waals surface area (Å²) in [6, 6.07) is 7.74. The fraction of sp³-hybridized carbons (Fsp3) is 0.632. The van der Waals surface area contributed by atoms with Gasteiger partial charge in [0.15, 0.2) is 0 Å². The summed E-state index contributed by atoms with van der Waals surface area (Å²) in [5, 5.41) is 6.16. The minimum atomic E-state index is -0.117. The topological polar surface area (TPSA) is 59.6 Å². The summed E-state index contributed by atoms with van der Waals surface area (Å²) in [5.74, 6) is 0.793. The Kier molecular flexibility index (Phi) is 5.29. The molecule has 0 radical (unpaired) electrons. The molecule has 5 nitrogen and oxygen atoms in total. The highest BCUT2D eigenvalue weighted by atomic mass is 16.5. The standard InChI is InChI=1S/C19H28N2O3/c1-14(16-7-3-4-8-17(16)23-2)20-18(22)21-15-9-12-24-19(13-15)10-5-6-11-19/h3-4,7-8,14-15H,5-6,9-13H2,1-2H3,(H2,20,21,22)/t14-,15-/m1/s1. The molecular weight excluding hydrogens is 304 g/mol. The molecule has 0 unspecified atom stereocenters. The molecule has 1 aliphatic carbocycles. The maximum atomic E-state index is 12.4. The molecule has 2 N–H and O–H groups in total. The Labute approximate surface area is 144 Å². The van der Waals surface area contributed by atoms with Crippen LogP contribution in [0.5, 0.6) is 5.75 Å². The van der Waals surface area contributed by atoms with Crippen LogP contribution in [0.25, 0.3) is 0 Å². The summed E-state index contributed by atoms with van der Waals surface area (Å²) in [6.45, 7) is 2.72. The number of para-hydroxylation sites is 1. The van der Waals surface area contributed by atoms with Crippen LogP contribution in [0.15, 0.2) is 24.3 Å². The molecule has 3 rings (SSSR count). The lowest BCUT2D eigenvalue weighted by Gasteiger charge is -2.38. The third-order valence-corrected chi connectivity index (χ3v) is 5.30. The van der Waals surface area contributed by atoms with Crippen molar-refractivity contribution in [3.8, 4) is 5.75 Å². The predicted octanol–water partition coefficient (Wildman–Crippen LogP) is 3.55. The second-order valence-electron chi connectivity index (χ2n) is 7.01. The van der Waals surface area contributed by atoms with E-state index in [1.165, 1.54) is 12.8 Å². The van der Waals surface area contributed by atoms with Crippen LogP contribution in [0.2, 0.25) is 0 Å². The average molecular weight is 332 g/mol. The van der Waals surface area contributed by atoms with E-state index in [1.807, 2.05) is 31.2 Å². The van der Waals surface area contributed by atoms with Crippen molar-refractivity contribution in [3.05, 3.63) is 29.8 Å². The van der Waals surface area contributed by atoms with E-state index in [0.29, 0.717) is 0 Å². The number of carbonyl (C=O) groups is 1. The lowest BCUT2D eigenvalue weighted by molar-refractivity contribution is -0.0820. The SMILES string of the molecule is COc1ccccc1[C@@H](C)NC(=O)N[C@@H]1CCOC2(CCCC2)C1. The molecule has 2 fully saturated rings. The number of urea groups is 1. The molecule has 1 spiro atoms. The van der Waals surface area contributed by atoms with E-state index in [-0.39, 0.29) is 23.7 Å². The quantitative estimate of drug-likeness (QED) is 0.886. The van der Waals surface area contributed by atoms with Crippen LogP contribution in [0.4, 0.5) is 4.79 Å². The normalized spacial score (nSPS) is 23.7. The van der Waals surface area contributed by atoms with Gasteiger partial charge in [-0.05, 0) is 38.7 Å². The van der Waals surface area contributed by atoms with Gasteiger partial charge < -0.3 is 20.1 Å². The van der Waals surface area contributed by atoms with Gasteiger partial charge in [0.2, 0.25) is 0 Å². The van der Waals surface area contributed by atoms with Gasteiger partial charge in [-0.15, -0.1) is 0 Å². The van der Waals surface area contributed by atoms with Crippen molar-refractivity contribution >= 4 is 6.03 Å². The Hall–Kier alpha value is -1.75. The average Bonchev–Trinajstić information content (AvgIpc) is 3.02. The highest BCUT2D eigenvalue weighted by Crippen LogP contribution is 2.39. The monoisotopic (exact) mass is 332 g/mol. The van der Waals surface area contributed by atoms with Crippen LogP contribution in [0, 0.1) is 0 Å². The Morgan fingerprint density at radius 3 is 2.83 bits per heavy atom. The summed E-state index contributed by atoms with van der Waals surface area (Å²) in [6.07, 6.45) is 6.56. The number of nitrogens with one attached hydrogen (secondary N) is 2. The van der Waals surface area contributed by atoms with E-state index in [9.17, 15) is 4.79 Å². The van der Waals surface area contributed by atoms with Gasteiger partial charge >= 0.3 is 6.03 Å². The third-order valence-electron chi connectivity index (χ3n) is 5.30. The molecule has 24 heavy (non-hydrogen) atoms. The molecule has 1 saturated heterocycles. The zero-order valence-corrected chi connectivity index (χ0v) is 14.6. The summed E-state index contributed by atoms with van der Waals surface area (Å²) >= 11 is 0. The van der Waals surface area contributed by atoms with Gasteiger partial charge in [0, 0.05) is 18.2 Å². The van der Waals surface area contributed by atoms with Gasteiger partial charge in [0.05, 0.1) is 18.8 Å². The highest BCUT2D eigenvalue weighted by Gasteiger charge is 2.40. The van der Waals surface area contributed by atoms with Crippen LogP contribution in [0.3, 0.4) is 0 Å². The molecule has 1 aliphatic heterocycles. The van der Waals surface area contributed by atoms with Crippen LogP contribution >= 0.6 is 0 Å². The summed E-state index contributed by atoms with van der Waals surface area (Å²) in [4.78, 5) is 12.4. The minimum absolute atomic E-state index is 0.0183. The molecule has 2 amide bonds. The van der Waals surface area contributed by atoms with Gasteiger partial charge in [0.1, 0.15) is 5.75 Å². The Bertz CT molecular complexity index is 569. The number of amides is 2. The second-order valence-corrected chi connectivity index (χ2v) is 7.01. The molecule has 1 aromatic carbocycles. The molecule has 1 heterocycles. The Morgan fingerprint density at radius 2 is 2.08 bits per heavy atom. The molecule has 0 bridgehead atoms. The summed E-state index contributed by atoms with van der Waals surface area (Å²) in [5.41, 5.74) is 0.999. The van der Waals surface area contributed by atoms with Gasteiger partial charge in [-0.2, -0.15) is 0 Å². The smallest absolute Gasteiger partial charge is 0.315 e. The van der Waals surface area contributed by atoms with E-state index in [4.69, 9.17) is 9.47 Å². The third kappa shape index (κ3) is 3.83. The van der Waals surface area contributed by atoms with Crippen LogP contribution < -0.4 is 15.4 Å². The van der Waals surface area contributed by atoms with Crippen molar-refractivity contribution in [2.45, 2.75) is 63.1 Å². The van der Waals surface area contributed by atoms with E-state index < -0.39 is 0 Å². The van der Waals surface area contributed by atoms with E-state index in [2.05, 4.69) is 10.6 Å². The molecular formula is C19H28N2O3. The first-order chi connectivity index (χ1) is 11.6.